The van der Waals surface area contributed by atoms with E-state index in [0.717, 1.165) is 57.1 Å². The second-order valence-corrected chi connectivity index (χ2v) is 16.2. The summed E-state index contributed by atoms with van der Waals surface area (Å²) in [6, 6.07) is 0. The fraction of sp³-hybridized carbons (Fsp3) is 0.692. The molecule has 0 aromatic carbocycles. The Hall–Kier alpha value is 0.490. The zero-order valence-electron chi connectivity index (χ0n) is 21.1. The smallest absolute Gasteiger partial charge is 0.108 e. The summed E-state index contributed by atoms with van der Waals surface area (Å²) in [6.45, 7) is 9.19. The normalized spacial score (nSPS) is 25.1. The van der Waals surface area contributed by atoms with Crippen LogP contribution in [0.3, 0.4) is 0 Å². The molecule has 2 nitrogen and oxygen atoms in total. The molecule has 2 unspecified atom stereocenters. The molecule has 0 radical (unpaired) electrons. The average molecular weight is 601 g/mol. The van der Waals surface area contributed by atoms with Crippen LogP contribution in [0.15, 0.2) is 22.0 Å². The Morgan fingerprint density at radius 1 is 0.771 bits per heavy atom. The molecule has 0 saturated carbocycles. The van der Waals surface area contributed by atoms with Crippen LogP contribution < -0.4 is 0 Å². The molecule has 2 atom stereocenters. The summed E-state index contributed by atoms with van der Waals surface area (Å²) in [5, 5.41) is 0. The van der Waals surface area contributed by atoms with Crippen molar-refractivity contribution >= 4 is 104 Å². The van der Waals surface area contributed by atoms with E-state index in [4.69, 9.17) is 48.9 Å². The Balaban J connectivity index is 1.19. The van der Waals surface area contributed by atoms with E-state index in [1.54, 1.807) is 0 Å². The summed E-state index contributed by atoms with van der Waals surface area (Å²) in [6.07, 6.45) is 11.2. The molecule has 0 amide bonds. The number of hydrogen-bond acceptors (Lipinski definition) is 7. The van der Waals surface area contributed by atoms with Gasteiger partial charge in [0.1, 0.15) is 9.98 Å². The van der Waals surface area contributed by atoms with E-state index in [1.165, 1.54) is 34.2 Å². The Labute approximate surface area is 246 Å². The minimum Gasteiger partial charge on any atom is -0.321 e. The monoisotopic (exact) mass is 600 g/mol. The molecule has 4 aliphatic rings. The lowest BCUT2D eigenvalue weighted by Crippen LogP contribution is -2.53. The number of fused-ring (bicyclic) bond motifs is 2. The molecule has 0 N–H and O–H groups in total. The average Bonchev–Trinajstić information content (AvgIpc) is 3.42. The van der Waals surface area contributed by atoms with Crippen molar-refractivity contribution in [3.05, 3.63) is 22.0 Å². The van der Waals surface area contributed by atoms with Gasteiger partial charge < -0.3 is 9.80 Å². The number of nitrogens with zero attached hydrogens (tertiary/aromatic N) is 2. The molecule has 0 aliphatic carbocycles. The summed E-state index contributed by atoms with van der Waals surface area (Å²) in [5.74, 6) is 5.48. The van der Waals surface area contributed by atoms with Crippen molar-refractivity contribution in [2.24, 2.45) is 11.8 Å². The van der Waals surface area contributed by atoms with Gasteiger partial charge in [-0.1, -0.05) is 48.9 Å². The van der Waals surface area contributed by atoms with Crippen LogP contribution in [0, 0.1) is 11.8 Å². The van der Waals surface area contributed by atoms with Crippen molar-refractivity contribution in [1.82, 2.24) is 9.80 Å². The Morgan fingerprint density at radius 3 is 1.57 bits per heavy atom. The Bertz CT molecular complexity index is 889. The molecule has 9 heteroatoms. The first-order chi connectivity index (χ1) is 16.5. The molecule has 4 rings (SSSR count). The maximum absolute atomic E-state index is 5.91. The highest BCUT2D eigenvalue weighted by Gasteiger charge is 2.41. The van der Waals surface area contributed by atoms with Gasteiger partial charge in [-0.15, -0.1) is 23.5 Å². The number of rotatable bonds is 10. The molecule has 2 fully saturated rings. The molecule has 0 aromatic rings. The van der Waals surface area contributed by atoms with Gasteiger partial charge in [-0.3, -0.25) is 0 Å². The molecule has 0 aromatic heterocycles. The van der Waals surface area contributed by atoms with Gasteiger partial charge in [0.05, 0.1) is 9.98 Å². The Kier molecular flexibility index (Phi) is 9.53. The van der Waals surface area contributed by atoms with Gasteiger partial charge in [0.25, 0.3) is 0 Å². The van der Waals surface area contributed by atoms with Crippen LogP contribution in [0.1, 0.15) is 66.2 Å². The van der Waals surface area contributed by atoms with Crippen molar-refractivity contribution in [3.63, 3.8) is 0 Å². The minimum atomic E-state index is -0.0312. The second-order valence-electron chi connectivity index (χ2n) is 10.9. The fourth-order valence-corrected chi connectivity index (χ4v) is 11.4. The quantitative estimate of drug-likeness (QED) is 0.180. The number of thioether (sulfide) groups is 3. The summed E-state index contributed by atoms with van der Waals surface area (Å²) >= 11 is 29.2. The summed E-state index contributed by atoms with van der Waals surface area (Å²) in [7, 11) is 0. The van der Waals surface area contributed by atoms with Gasteiger partial charge in [-0.25, -0.2) is 0 Å². The number of hydrogen-bond donors (Lipinski definition) is 0. The molecule has 0 spiro atoms. The first-order valence-corrected chi connectivity index (χ1v) is 17.3. The third-order valence-corrected chi connectivity index (χ3v) is 12.5. The zero-order chi connectivity index (χ0) is 25.4. The van der Waals surface area contributed by atoms with Crippen LogP contribution >= 0.6 is 84.2 Å². The van der Waals surface area contributed by atoms with E-state index in [2.05, 4.69) is 61.4 Å². The maximum atomic E-state index is 5.91. The van der Waals surface area contributed by atoms with Gasteiger partial charge in [0.15, 0.2) is 0 Å². The first kappa shape index (κ1) is 28.5. The van der Waals surface area contributed by atoms with Crippen LogP contribution in [-0.4, -0.2) is 63.8 Å². The van der Waals surface area contributed by atoms with E-state index in [-0.39, 0.29) is 11.1 Å². The Morgan fingerprint density at radius 2 is 1.17 bits per heavy atom. The van der Waals surface area contributed by atoms with E-state index in [1.807, 2.05) is 23.5 Å². The van der Waals surface area contributed by atoms with Gasteiger partial charge >= 0.3 is 0 Å². The van der Waals surface area contributed by atoms with Crippen LogP contribution in [-0.2, 0) is 0 Å². The lowest BCUT2D eigenvalue weighted by atomic mass is 9.91. The third-order valence-electron chi connectivity index (χ3n) is 7.41. The van der Waals surface area contributed by atoms with Gasteiger partial charge in [-0.05, 0) is 111 Å². The van der Waals surface area contributed by atoms with Crippen molar-refractivity contribution in [2.45, 2.75) is 77.3 Å². The van der Waals surface area contributed by atoms with Crippen LogP contribution in [0.2, 0.25) is 0 Å². The second kappa shape index (κ2) is 11.7. The van der Waals surface area contributed by atoms with Crippen LogP contribution in [0.5, 0.6) is 0 Å². The fourth-order valence-electron chi connectivity index (χ4n) is 5.48. The topological polar surface area (TPSA) is 6.48 Å². The lowest BCUT2D eigenvalue weighted by Gasteiger charge is -2.44. The van der Waals surface area contributed by atoms with Crippen LogP contribution in [0.25, 0.3) is 0 Å². The summed E-state index contributed by atoms with van der Waals surface area (Å²) < 4.78 is 0. The third kappa shape index (κ3) is 6.22. The zero-order valence-corrected chi connectivity index (χ0v) is 26.8. The molecule has 192 valence electrons. The number of thiocarbonyl (C=S) groups is 4. The van der Waals surface area contributed by atoms with Crippen molar-refractivity contribution < 1.29 is 0 Å². The van der Waals surface area contributed by atoms with E-state index >= 15 is 0 Å². The lowest BCUT2D eigenvalue weighted by molar-refractivity contribution is 0.284. The van der Waals surface area contributed by atoms with E-state index in [0.29, 0.717) is 11.8 Å². The van der Waals surface area contributed by atoms with Crippen LogP contribution in [0.4, 0.5) is 0 Å². The molecule has 2 saturated heterocycles. The van der Waals surface area contributed by atoms with E-state index < -0.39 is 0 Å². The molecule has 4 aliphatic heterocycles. The molecular weight excluding hydrogens is 565 g/mol. The van der Waals surface area contributed by atoms with Crippen molar-refractivity contribution in [3.8, 4) is 0 Å². The van der Waals surface area contributed by atoms with Gasteiger partial charge in [-0.2, -0.15) is 11.8 Å². The highest BCUT2D eigenvalue weighted by Crippen LogP contribution is 2.44. The summed E-state index contributed by atoms with van der Waals surface area (Å²) in [5.41, 5.74) is -0.0624. The molecular formula is C26H36N2S7. The molecule has 35 heavy (non-hydrogen) atoms. The summed E-state index contributed by atoms with van der Waals surface area (Å²) in [4.78, 5) is 11.2. The van der Waals surface area contributed by atoms with Gasteiger partial charge in [0.2, 0.25) is 0 Å². The largest absolute Gasteiger partial charge is 0.321 e. The first-order valence-electron chi connectivity index (χ1n) is 12.6. The van der Waals surface area contributed by atoms with Crippen molar-refractivity contribution in [1.29, 1.82) is 0 Å². The predicted octanol–water partition coefficient (Wildman–Crippen LogP) is 8.05. The van der Waals surface area contributed by atoms with E-state index in [9.17, 15) is 0 Å². The maximum Gasteiger partial charge on any atom is 0.108 e. The highest BCUT2D eigenvalue weighted by molar-refractivity contribution is 8.03. The SMILES string of the molecule is CC(C)(CCCSCCCC(C)(C)N1C(=S)C=C2SCCC2C1=S)N1C(=S)C=C2SCCC2C1=S. The van der Waals surface area contributed by atoms with Gasteiger partial charge in [0, 0.05) is 22.9 Å². The minimum absolute atomic E-state index is 0.0312. The van der Waals surface area contributed by atoms with Crippen molar-refractivity contribution in [2.75, 3.05) is 23.0 Å². The molecule has 0 bridgehead atoms. The highest BCUT2D eigenvalue weighted by atomic mass is 32.2. The predicted molar refractivity (Wildman–Crippen MR) is 175 cm³/mol. The molecule has 4 heterocycles. The standard InChI is InChI=1S/C26H36N2S7/c1-25(2,27-21(29)15-19-17(23(27)31)7-13-34-19)9-5-11-33-12-6-10-26(3,4)28-22(30)16-20-18(24(28)32)8-14-35-20/h15-18H,5-14H2,1-4H3.